The fourth-order valence-corrected chi connectivity index (χ4v) is 2.87. The van der Waals surface area contributed by atoms with Crippen LogP contribution < -0.4 is 15.4 Å². The molecule has 29 heavy (non-hydrogen) atoms. The number of hydrogen-bond acceptors (Lipinski definition) is 6. The van der Waals surface area contributed by atoms with E-state index in [1.807, 2.05) is 72.8 Å². The number of aromatic nitrogens is 3. The van der Waals surface area contributed by atoms with Crippen molar-refractivity contribution in [1.29, 1.82) is 0 Å². The van der Waals surface area contributed by atoms with E-state index in [2.05, 4.69) is 44.9 Å². The summed E-state index contributed by atoms with van der Waals surface area (Å²) >= 11 is 0. The van der Waals surface area contributed by atoms with Crippen LogP contribution in [0.25, 0.3) is 0 Å². The van der Waals surface area contributed by atoms with Crippen LogP contribution in [0.4, 0.5) is 17.5 Å². The summed E-state index contributed by atoms with van der Waals surface area (Å²) in [5.41, 5.74) is 1.92. The molecule has 144 valence electrons. The number of hydrogen-bond donors (Lipinski definition) is 2. The minimum atomic E-state index is 0.0921. The first-order valence-corrected chi connectivity index (χ1v) is 9.38. The third-order valence-electron chi connectivity index (χ3n) is 4.33. The van der Waals surface area contributed by atoms with Gasteiger partial charge in [-0.2, -0.15) is 10.1 Å². The molecular formula is C23H21N5O. The second kappa shape index (κ2) is 8.84. The highest BCUT2D eigenvalue weighted by Crippen LogP contribution is 2.30. The van der Waals surface area contributed by atoms with Gasteiger partial charge in [0.05, 0.1) is 11.9 Å². The predicted molar refractivity (Wildman–Crippen MR) is 115 cm³/mol. The number of benzene rings is 3. The van der Waals surface area contributed by atoms with Crippen molar-refractivity contribution in [3.05, 3.63) is 96.7 Å². The quantitative estimate of drug-likeness (QED) is 0.434. The average Bonchev–Trinajstić information content (AvgIpc) is 2.77. The molecule has 4 rings (SSSR count). The van der Waals surface area contributed by atoms with E-state index >= 15 is 0 Å². The summed E-state index contributed by atoms with van der Waals surface area (Å²) in [5.74, 6) is 2.46. The van der Waals surface area contributed by atoms with Gasteiger partial charge in [0.1, 0.15) is 5.75 Å². The van der Waals surface area contributed by atoms with Crippen LogP contribution in [-0.2, 0) is 0 Å². The van der Waals surface area contributed by atoms with Crippen LogP contribution in [0.5, 0.6) is 11.5 Å². The maximum absolute atomic E-state index is 5.98. The lowest BCUT2D eigenvalue weighted by atomic mass is 10.1. The molecule has 0 saturated carbocycles. The molecule has 2 N–H and O–H groups in total. The number of anilines is 3. The summed E-state index contributed by atoms with van der Waals surface area (Å²) in [6, 6.07) is 27.5. The second-order valence-electron chi connectivity index (χ2n) is 6.48. The van der Waals surface area contributed by atoms with Crippen molar-refractivity contribution >= 4 is 17.5 Å². The van der Waals surface area contributed by atoms with Gasteiger partial charge in [-0.15, -0.1) is 5.10 Å². The van der Waals surface area contributed by atoms with Crippen molar-refractivity contribution < 1.29 is 4.74 Å². The van der Waals surface area contributed by atoms with Crippen LogP contribution in [0.1, 0.15) is 18.5 Å². The van der Waals surface area contributed by atoms with Gasteiger partial charge in [-0.05, 0) is 36.8 Å². The lowest BCUT2D eigenvalue weighted by Gasteiger charge is -2.15. The van der Waals surface area contributed by atoms with E-state index in [0.29, 0.717) is 17.5 Å². The van der Waals surface area contributed by atoms with E-state index in [1.54, 1.807) is 6.20 Å². The maximum Gasteiger partial charge on any atom is 0.249 e. The molecule has 1 heterocycles. The zero-order chi connectivity index (χ0) is 19.9. The number of nitrogens with one attached hydrogen (secondary N) is 2. The Labute approximate surface area is 169 Å². The molecule has 0 radical (unpaired) electrons. The molecule has 0 spiro atoms. The molecule has 1 unspecified atom stereocenters. The van der Waals surface area contributed by atoms with Gasteiger partial charge in [-0.25, -0.2) is 0 Å². The van der Waals surface area contributed by atoms with Crippen molar-refractivity contribution in [2.75, 3.05) is 10.6 Å². The zero-order valence-electron chi connectivity index (χ0n) is 16.0. The summed E-state index contributed by atoms with van der Waals surface area (Å²) in [5, 5.41) is 14.7. The monoisotopic (exact) mass is 383 g/mol. The van der Waals surface area contributed by atoms with Gasteiger partial charge in [-0.3, -0.25) is 0 Å². The molecule has 0 saturated heterocycles. The Kier molecular flexibility index (Phi) is 5.62. The summed E-state index contributed by atoms with van der Waals surface area (Å²) < 4.78 is 5.98. The molecule has 6 heteroatoms. The Balaban J connectivity index is 1.50. The number of rotatable bonds is 7. The minimum absolute atomic E-state index is 0.0921. The molecule has 0 aliphatic rings. The van der Waals surface area contributed by atoms with Crippen molar-refractivity contribution in [1.82, 2.24) is 15.2 Å². The van der Waals surface area contributed by atoms with E-state index in [-0.39, 0.29) is 6.04 Å². The van der Waals surface area contributed by atoms with E-state index in [0.717, 1.165) is 11.4 Å². The van der Waals surface area contributed by atoms with Gasteiger partial charge < -0.3 is 15.4 Å². The van der Waals surface area contributed by atoms with Crippen LogP contribution in [0, 0.1) is 0 Å². The van der Waals surface area contributed by atoms with Gasteiger partial charge in [0, 0.05) is 6.04 Å². The number of nitrogens with zero attached hydrogens (tertiary/aromatic N) is 3. The van der Waals surface area contributed by atoms with Crippen LogP contribution in [0.3, 0.4) is 0 Å². The van der Waals surface area contributed by atoms with Crippen LogP contribution in [0.2, 0.25) is 0 Å². The van der Waals surface area contributed by atoms with E-state index in [4.69, 9.17) is 4.74 Å². The lowest BCUT2D eigenvalue weighted by molar-refractivity contribution is 0.485. The Bertz CT molecular complexity index is 1060. The number of ether oxygens (including phenoxy) is 1. The highest BCUT2D eigenvalue weighted by molar-refractivity contribution is 5.63. The van der Waals surface area contributed by atoms with Crippen LogP contribution in [0.15, 0.2) is 91.1 Å². The molecule has 3 aromatic carbocycles. The molecule has 0 fully saturated rings. The first-order chi connectivity index (χ1) is 14.3. The summed E-state index contributed by atoms with van der Waals surface area (Å²) in [7, 11) is 0. The van der Waals surface area contributed by atoms with Gasteiger partial charge in [0.25, 0.3) is 0 Å². The normalized spacial score (nSPS) is 11.5. The van der Waals surface area contributed by atoms with Crippen molar-refractivity contribution in [3.8, 4) is 11.5 Å². The smallest absolute Gasteiger partial charge is 0.249 e. The summed E-state index contributed by atoms with van der Waals surface area (Å²) in [6.45, 7) is 2.08. The van der Waals surface area contributed by atoms with E-state index in [1.165, 1.54) is 5.56 Å². The second-order valence-corrected chi connectivity index (χ2v) is 6.48. The van der Waals surface area contributed by atoms with Crippen molar-refractivity contribution in [2.24, 2.45) is 0 Å². The first-order valence-electron chi connectivity index (χ1n) is 9.38. The van der Waals surface area contributed by atoms with E-state index < -0.39 is 0 Å². The highest BCUT2D eigenvalue weighted by atomic mass is 16.5. The highest BCUT2D eigenvalue weighted by Gasteiger charge is 2.10. The van der Waals surface area contributed by atoms with E-state index in [9.17, 15) is 0 Å². The third kappa shape index (κ3) is 4.87. The molecule has 0 bridgehead atoms. The Morgan fingerprint density at radius 2 is 1.52 bits per heavy atom. The SMILES string of the molecule is CC(Nc1cnnc(Nc2ccccc2Oc2ccccc2)n1)c1ccccc1. The standard InChI is InChI=1S/C23H21N5O/c1-17(18-10-4-2-5-11-18)25-22-16-24-28-23(27-22)26-20-14-8-9-15-21(20)29-19-12-6-3-7-13-19/h2-17H,1H3,(H2,25,26,27,28). The fraction of sp³-hybridized carbons (Fsp3) is 0.0870. The molecule has 1 atom stereocenters. The van der Waals surface area contributed by atoms with Crippen LogP contribution >= 0.6 is 0 Å². The van der Waals surface area contributed by atoms with Gasteiger partial charge >= 0.3 is 0 Å². The Morgan fingerprint density at radius 1 is 0.828 bits per heavy atom. The Morgan fingerprint density at radius 3 is 2.31 bits per heavy atom. The molecular weight excluding hydrogens is 362 g/mol. The fourth-order valence-electron chi connectivity index (χ4n) is 2.87. The predicted octanol–water partition coefficient (Wildman–Crippen LogP) is 5.58. The van der Waals surface area contributed by atoms with Crippen molar-refractivity contribution in [3.63, 3.8) is 0 Å². The van der Waals surface area contributed by atoms with Gasteiger partial charge in [0.15, 0.2) is 11.6 Å². The molecule has 0 aliphatic heterocycles. The van der Waals surface area contributed by atoms with Crippen LogP contribution in [-0.4, -0.2) is 15.2 Å². The summed E-state index contributed by atoms with van der Waals surface area (Å²) in [6.07, 6.45) is 1.61. The largest absolute Gasteiger partial charge is 0.455 e. The molecule has 0 aliphatic carbocycles. The Hall–Kier alpha value is -3.93. The average molecular weight is 383 g/mol. The van der Waals surface area contributed by atoms with Gasteiger partial charge in [0.2, 0.25) is 5.95 Å². The zero-order valence-corrected chi connectivity index (χ0v) is 16.0. The van der Waals surface area contributed by atoms with Crippen molar-refractivity contribution in [2.45, 2.75) is 13.0 Å². The lowest BCUT2D eigenvalue weighted by Crippen LogP contribution is -2.10. The molecule has 6 nitrogen and oxygen atoms in total. The van der Waals surface area contributed by atoms with Gasteiger partial charge in [-0.1, -0.05) is 60.7 Å². The first kappa shape index (κ1) is 18.4. The third-order valence-corrected chi connectivity index (χ3v) is 4.33. The minimum Gasteiger partial charge on any atom is -0.455 e. The molecule has 4 aromatic rings. The molecule has 1 aromatic heterocycles. The maximum atomic E-state index is 5.98. The topological polar surface area (TPSA) is 72.0 Å². The number of para-hydroxylation sites is 3. The summed E-state index contributed by atoms with van der Waals surface area (Å²) in [4.78, 5) is 4.53. The molecule has 0 amide bonds.